The maximum atomic E-state index is 10.8. The molecule has 0 saturated heterocycles. The van der Waals surface area contributed by atoms with Crippen molar-refractivity contribution in [2.45, 2.75) is 5.92 Å². The van der Waals surface area contributed by atoms with E-state index in [0.29, 0.717) is 5.82 Å². The molecule has 66 valence electrons. The van der Waals surface area contributed by atoms with Crippen molar-refractivity contribution in [1.29, 1.82) is 0 Å². The molecular formula is C9H8N2OS. The van der Waals surface area contributed by atoms with Crippen molar-refractivity contribution in [2.24, 2.45) is 0 Å². The van der Waals surface area contributed by atoms with Gasteiger partial charge in [-0.2, -0.15) is 0 Å². The molecular weight excluding hydrogens is 184 g/mol. The topological polar surface area (TPSA) is 45.8 Å². The Morgan fingerprint density at radius 3 is 3.08 bits per heavy atom. The first-order valence-electron chi connectivity index (χ1n) is 3.90. The minimum atomic E-state index is -0.241. The van der Waals surface area contributed by atoms with Gasteiger partial charge < -0.3 is 9.78 Å². The molecule has 0 amide bonds. The molecule has 0 radical (unpaired) electrons. The molecule has 0 spiro atoms. The Kier molecular flexibility index (Phi) is 2.23. The Bertz CT molecular complexity index is 332. The number of hydrogen-bond donors (Lipinski definition) is 1. The van der Waals surface area contributed by atoms with Crippen LogP contribution < -0.4 is 0 Å². The second-order valence-electron chi connectivity index (χ2n) is 2.60. The number of nitrogens with one attached hydrogen (secondary N) is 1. The highest BCUT2D eigenvalue weighted by Crippen LogP contribution is 2.23. The number of aromatic nitrogens is 2. The van der Waals surface area contributed by atoms with Crippen LogP contribution in [0.15, 0.2) is 29.9 Å². The molecule has 1 N–H and O–H groups in total. The minimum absolute atomic E-state index is 0.241. The Balaban J connectivity index is 2.35. The largest absolute Gasteiger partial charge is 0.348 e. The zero-order chi connectivity index (χ0) is 9.10. The third kappa shape index (κ3) is 1.53. The van der Waals surface area contributed by atoms with Gasteiger partial charge >= 0.3 is 0 Å². The maximum Gasteiger partial charge on any atom is 0.135 e. The summed E-state index contributed by atoms with van der Waals surface area (Å²) in [6, 6.07) is 3.87. The molecule has 13 heavy (non-hydrogen) atoms. The fourth-order valence-electron chi connectivity index (χ4n) is 1.18. The fourth-order valence-corrected chi connectivity index (χ4v) is 1.97. The summed E-state index contributed by atoms with van der Waals surface area (Å²) in [6.07, 6.45) is 4.28. The van der Waals surface area contributed by atoms with E-state index in [4.69, 9.17) is 0 Å². The van der Waals surface area contributed by atoms with Crippen molar-refractivity contribution < 1.29 is 4.79 Å². The predicted octanol–water partition coefficient (Wildman–Crippen LogP) is 1.80. The summed E-state index contributed by atoms with van der Waals surface area (Å²) in [5.41, 5.74) is 0. The van der Waals surface area contributed by atoms with E-state index in [-0.39, 0.29) is 5.92 Å². The number of carbonyl (C=O) groups excluding carboxylic acids is 1. The quantitative estimate of drug-likeness (QED) is 0.754. The number of nitrogens with zero attached hydrogens (tertiary/aromatic N) is 1. The smallest absolute Gasteiger partial charge is 0.135 e. The molecule has 0 aromatic carbocycles. The van der Waals surface area contributed by atoms with E-state index in [1.807, 2.05) is 17.5 Å². The molecule has 3 nitrogen and oxygen atoms in total. The van der Waals surface area contributed by atoms with Crippen molar-refractivity contribution in [3.05, 3.63) is 40.6 Å². The third-order valence-corrected chi connectivity index (χ3v) is 2.76. The molecule has 2 heterocycles. The summed E-state index contributed by atoms with van der Waals surface area (Å²) in [6.45, 7) is 0. The number of hydrogen-bond acceptors (Lipinski definition) is 3. The molecule has 0 saturated carbocycles. The van der Waals surface area contributed by atoms with Gasteiger partial charge in [0, 0.05) is 17.3 Å². The van der Waals surface area contributed by atoms with Crippen LogP contribution >= 0.6 is 11.3 Å². The summed E-state index contributed by atoms with van der Waals surface area (Å²) in [4.78, 5) is 18.9. The van der Waals surface area contributed by atoms with Crippen molar-refractivity contribution in [1.82, 2.24) is 9.97 Å². The highest BCUT2D eigenvalue weighted by atomic mass is 32.1. The summed E-state index contributed by atoms with van der Waals surface area (Å²) in [5.74, 6) is 0.465. The van der Waals surface area contributed by atoms with Crippen LogP contribution in [-0.2, 0) is 4.79 Å². The summed E-state index contributed by atoms with van der Waals surface area (Å²) < 4.78 is 0. The van der Waals surface area contributed by atoms with Crippen LogP contribution in [0.5, 0.6) is 0 Å². The number of H-pyrrole nitrogens is 1. The van der Waals surface area contributed by atoms with E-state index in [9.17, 15) is 4.79 Å². The summed E-state index contributed by atoms with van der Waals surface area (Å²) in [5, 5.41) is 1.95. The van der Waals surface area contributed by atoms with Gasteiger partial charge in [-0.1, -0.05) is 6.07 Å². The van der Waals surface area contributed by atoms with E-state index in [2.05, 4.69) is 9.97 Å². The van der Waals surface area contributed by atoms with Crippen LogP contribution in [0, 0.1) is 0 Å². The van der Waals surface area contributed by atoms with Crippen LogP contribution in [0.25, 0.3) is 0 Å². The van der Waals surface area contributed by atoms with E-state index < -0.39 is 0 Å². The second kappa shape index (κ2) is 3.53. The average Bonchev–Trinajstić information content (AvgIpc) is 2.76. The predicted molar refractivity (Wildman–Crippen MR) is 50.8 cm³/mol. The first-order chi connectivity index (χ1) is 6.42. The number of thiophene rings is 1. The van der Waals surface area contributed by atoms with Crippen LogP contribution in [-0.4, -0.2) is 16.3 Å². The van der Waals surface area contributed by atoms with Crippen LogP contribution in [0.1, 0.15) is 16.6 Å². The normalized spacial score (nSPS) is 12.6. The number of aromatic amines is 1. The molecule has 2 rings (SSSR count). The number of rotatable bonds is 3. The Morgan fingerprint density at radius 1 is 1.62 bits per heavy atom. The first kappa shape index (κ1) is 8.19. The van der Waals surface area contributed by atoms with Crippen molar-refractivity contribution in [2.75, 3.05) is 0 Å². The van der Waals surface area contributed by atoms with Crippen molar-refractivity contribution >= 4 is 17.6 Å². The third-order valence-electron chi connectivity index (χ3n) is 1.80. The molecule has 2 aromatic rings. The number of aldehydes is 1. The zero-order valence-corrected chi connectivity index (χ0v) is 7.62. The van der Waals surface area contributed by atoms with Gasteiger partial charge in [0.2, 0.25) is 0 Å². The Hall–Kier alpha value is -1.42. The Morgan fingerprint density at radius 2 is 2.54 bits per heavy atom. The maximum absolute atomic E-state index is 10.8. The molecule has 0 aliphatic rings. The zero-order valence-electron chi connectivity index (χ0n) is 6.81. The molecule has 0 aliphatic heterocycles. The lowest BCUT2D eigenvalue weighted by molar-refractivity contribution is -0.108. The van der Waals surface area contributed by atoms with Gasteiger partial charge in [0.15, 0.2) is 0 Å². The monoisotopic (exact) mass is 192 g/mol. The highest BCUT2D eigenvalue weighted by molar-refractivity contribution is 7.10. The van der Waals surface area contributed by atoms with Crippen molar-refractivity contribution in [3.8, 4) is 0 Å². The Labute approximate surface area is 79.4 Å². The second-order valence-corrected chi connectivity index (χ2v) is 3.58. The van der Waals surface area contributed by atoms with Crippen LogP contribution in [0.4, 0.5) is 0 Å². The lowest BCUT2D eigenvalue weighted by Crippen LogP contribution is -2.02. The lowest BCUT2D eigenvalue weighted by Gasteiger charge is -2.02. The number of carbonyl (C=O) groups is 1. The average molecular weight is 192 g/mol. The van der Waals surface area contributed by atoms with Gasteiger partial charge in [0.1, 0.15) is 18.0 Å². The highest BCUT2D eigenvalue weighted by Gasteiger charge is 2.15. The summed E-state index contributed by atoms with van der Waals surface area (Å²) in [7, 11) is 0. The number of imidazole rings is 1. The van der Waals surface area contributed by atoms with Crippen LogP contribution in [0.3, 0.4) is 0 Å². The van der Waals surface area contributed by atoms with Gasteiger partial charge in [0.25, 0.3) is 0 Å². The van der Waals surface area contributed by atoms with Gasteiger partial charge in [-0.3, -0.25) is 0 Å². The molecule has 0 aliphatic carbocycles. The summed E-state index contributed by atoms with van der Waals surface area (Å²) >= 11 is 1.56. The molecule has 0 fully saturated rings. The minimum Gasteiger partial charge on any atom is -0.348 e. The SMILES string of the molecule is O=CC(c1ncc[nH]1)c1cccs1. The van der Waals surface area contributed by atoms with E-state index in [1.54, 1.807) is 23.7 Å². The standard InChI is InChI=1S/C9H8N2OS/c12-6-7(8-2-1-5-13-8)9-10-3-4-11-9/h1-7H,(H,10,11). The molecule has 1 unspecified atom stereocenters. The van der Waals surface area contributed by atoms with Gasteiger partial charge in [-0.05, 0) is 11.4 Å². The van der Waals surface area contributed by atoms with Gasteiger partial charge in [0.05, 0.1) is 0 Å². The molecule has 1 atom stereocenters. The van der Waals surface area contributed by atoms with Crippen LogP contribution in [0.2, 0.25) is 0 Å². The van der Waals surface area contributed by atoms with E-state index in [0.717, 1.165) is 11.2 Å². The van der Waals surface area contributed by atoms with E-state index >= 15 is 0 Å². The first-order valence-corrected chi connectivity index (χ1v) is 4.78. The lowest BCUT2D eigenvalue weighted by atomic mass is 10.1. The molecule has 0 bridgehead atoms. The molecule has 2 aromatic heterocycles. The fraction of sp³-hybridized carbons (Fsp3) is 0.111. The van der Waals surface area contributed by atoms with Crippen molar-refractivity contribution in [3.63, 3.8) is 0 Å². The van der Waals surface area contributed by atoms with Gasteiger partial charge in [-0.25, -0.2) is 4.98 Å². The molecule has 4 heteroatoms. The van der Waals surface area contributed by atoms with Gasteiger partial charge in [-0.15, -0.1) is 11.3 Å². The van der Waals surface area contributed by atoms with E-state index in [1.165, 1.54) is 0 Å².